The Labute approximate surface area is 113 Å². The fourth-order valence-electron chi connectivity index (χ4n) is 2.09. The second kappa shape index (κ2) is 6.25. The molecule has 3 nitrogen and oxygen atoms in total. The summed E-state index contributed by atoms with van der Waals surface area (Å²) in [4.78, 5) is 14.7. The van der Waals surface area contributed by atoms with Gasteiger partial charge in [0.1, 0.15) is 5.75 Å². The first-order valence-corrected chi connectivity index (χ1v) is 7.43. The van der Waals surface area contributed by atoms with E-state index in [2.05, 4.69) is 4.90 Å². The fraction of sp³-hybridized carbons (Fsp3) is 0.500. The highest BCUT2D eigenvalue weighted by molar-refractivity contribution is 7.99. The average molecular weight is 265 g/mol. The van der Waals surface area contributed by atoms with Gasteiger partial charge in [0, 0.05) is 18.1 Å². The molecule has 1 heterocycles. The molecule has 98 valence electrons. The minimum absolute atomic E-state index is 0.0228. The molecule has 0 radical (unpaired) electrons. The van der Waals surface area contributed by atoms with Crippen LogP contribution in [0.5, 0.6) is 5.75 Å². The Hall–Kier alpha value is -1.00. The van der Waals surface area contributed by atoms with E-state index in [4.69, 9.17) is 4.74 Å². The summed E-state index contributed by atoms with van der Waals surface area (Å²) in [7, 11) is 2.02. The average Bonchev–Trinajstić information content (AvgIpc) is 2.40. The first kappa shape index (κ1) is 13.4. The lowest BCUT2D eigenvalue weighted by molar-refractivity contribution is 0.0870. The summed E-state index contributed by atoms with van der Waals surface area (Å²) in [6.07, 6.45) is 0. The first-order chi connectivity index (χ1) is 8.74. The number of ether oxygens (including phenoxy) is 1. The number of ketones is 1. The number of carbonyl (C=O) groups excluding carboxylic acids is 1. The third kappa shape index (κ3) is 2.87. The van der Waals surface area contributed by atoms with Crippen LogP contribution in [0.15, 0.2) is 24.3 Å². The van der Waals surface area contributed by atoms with Crippen molar-refractivity contribution in [2.75, 3.05) is 31.7 Å². The van der Waals surface area contributed by atoms with Gasteiger partial charge in [-0.1, -0.05) is 12.1 Å². The van der Waals surface area contributed by atoms with Crippen molar-refractivity contribution in [3.05, 3.63) is 29.8 Å². The highest BCUT2D eigenvalue weighted by atomic mass is 32.2. The standard InChI is InChI=1S/C14H19NO2S/c1-3-17-13-7-5-4-6-11(13)14(16)12-10-18-9-8-15(12)2/h4-7,12H,3,8-10H2,1-2H3. The van der Waals surface area contributed by atoms with Crippen LogP contribution in [-0.4, -0.2) is 48.4 Å². The summed E-state index contributed by atoms with van der Waals surface area (Å²) in [5, 5.41) is 0. The van der Waals surface area contributed by atoms with Gasteiger partial charge in [-0.3, -0.25) is 9.69 Å². The molecule has 1 fully saturated rings. The van der Waals surface area contributed by atoms with Crippen LogP contribution in [0.2, 0.25) is 0 Å². The maximum atomic E-state index is 12.6. The van der Waals surface area contributed by atoms with E-state index in [0.29, 0.717) is 17.9 Å². The maximum Gasteiger partial charge on any atom is 0.184 e. The normalized spacial score (nSPS) is 20.7. The zero-order valence-corrected chi connectivity index (χ0v) is 11.7. The van der Waals surface area contributed by atoms with Crippen molar-refractivity contribution in [1.82, 2.24) is 4.90 Å². The molecular formula is C14H19NO2S. The van der Waals surface area contributed by atoms with Gasteiger partial charge in [0.15, 0.2) is 5.78 Å². The number of thioether (sulfide) groups is 1. The van der Waals surface area contributed by atoms with Gasteiger partial charge in [-0.25, -0.2) is 0 Å². The highest BCUT2D eigenvalue weighted by Crippen LogP contribution is 2.24. The summed E-state index contributed by atoms with van der Waals surface area (Å²) < 4.78 is 5.54. The molecule has 0 bridgehead atoms. The Bertz CT molecular complexity index is 422. The van der Waals surface area contributed by atoms with E-state index in [9.17, 15) is 4.79 Å². The molecule has 0 aromatic heterocycles. The van der Waals surface area contributed by atoms with Gasteiger partial charge in [0.2, 0.25) is 0 Å². The van der Waals surface area contributed by atoms with Crippen LogP contribution >= 0.6 is 11.8 Å². The molecular weight excluding hydrogens is 246 g/mol. The van der Waals surface area contributed by atoms with Crippen molar-refractivity contribution in [1.29, 1.82) is 0 Å². The molecule has 18 heavy (non-hydrogen) atoms. The molecule has 4 heteroatoms. The lowest BCUT2D eigenvalue weighted by Crippen LogP contribution is -2.44. The highest BCUT2D eigenvalue weighted by Gasteiger charge is 2.28. The molecule has 1 aliphatic heterocycles. The van der Waals surface area contributed by atoms with Gasteiger partial charge in [0.25, 0.3) is 0 Å². The predicted octanol–water partition coefficient (Wildman–Crippen LogP) is 2.32. The van der Waals surface area contributed by atoms with Crippen LogP contribution in [0.3, 0.4) is 0 Å². The molecule has 1 aromatic carbocycles. The number of rotatable bonds is 4. The number of likely N-dealkylation sites (N-methyl/N-ethyl adjacent to an activating group) is 1. The zero-order valence-electron chi connectivity index (χ0n) is 10.9. The van der Waals surface area contributed by atoms with E-state index in [1.807, 2.05) is 50.0 Å². The van der Waals surface area contributed by atoms with Crippen LogP contribution in [-0.2, 0) is 0 Å². The summed E-state index contributed by atoms with van der Waals surface area (Å²) in [5.74, 6) is 2.85. The van der Waals surface area contributed by atoms with Crippen molar-refractivity contribution in [3.63, 3.8) is 0 Å². The molecule has 0 spiro atoms. The SMILES string of the molecule is CCOc1ccccc1C(=O)C1CSCCN1C. The quantitative estimate of drug-likeness (QED) is 0.781. The smallest absolute Gasteiger partial charge is 0.184 e. The summed E-state index contributed by atoms with van der Waals surface area (Å²) in [6.45, 7) is 3.49. The predicted molar refractivity (Wildman–Crippen MR) is 75.7 cm³/mol. The second-order valence-electron chi connectivity index (χ2n) is 4.36. The summed E-state index contributed by atoms with van der Waals surface area (Å²) in [5.41, 5.74) is 0.707. The minimum atomic E-state index is -0.0228. The lowest BCUT2D eigenvalue weighted by Gasteiger charge is -2.31. The zero-order chi connectivity index (χ0) is 13.0. The van der Waals surface area contributed by atoms with E-state index in [0.717, 1.165) is 18.1 Å². The molecule has 0 N–H and O–H groups in total. The number of benzene rings is 1. The number of para-hydroxylation sites is 1. The van der Waals surface area contributed by atoms with Gasteiger partial charge in [-0.05, 0) is 26.1 Å². The monoisotopic (exact) mass is 265 g/mol. The largest absolute Gasteiger partial charge is 0.493 e. The molecule has 1 aliphatic rings. The lowest BCUT2D eigenvalue weighted by atomic mass is 10.0. The first-order valence-electron chi connectivity index (χ1n) is 6.28. The molecule has 1 atom stereocenters. The number of hydrogen-bond acceptors (Lipinski definition) is 4. The van der Waals surface area contributed by atoms with Crippen LogP contribution < -0.4 is 4.74 Å². The molecule has 0 amide bonds. The van der Waals surface area contributed by atoms with Crippen LogP contribution in [0.4, 0.5) is 0 Å². The van der Waals surface area contributed by atoms with Crippen LogP contribution in [0.1, 0.15) is 17.3 Å². The molecule has 0 aliphatic carbocycles. The fourth-order valence-corrected chi connectivity index (χ4v) is 3.31. The van der Waals surface area contributed by atoms with E-state index in [-0.39, 0.29) is 11.8 Å². The van der Waals surface area contributed by atoms with E-state index < -0.39 is 0 Å². The topological polar surface area (TPSA) is 29.5 Å². The van der Waals surface area contributed by atoms with Gasteiger partial charge in [0.05, 0.1) is 18.2 Å². The van der Waals surface area contributed by atoms with Crippen molar-refractivity contribution in [3.8, 4) is 5.75 Å². The minimum Gasteiger partial charge on any atom is -0.493 e. The van der Waals surface area contributed by atoms with Gasteiger partial charge in [-0.2, -0.15) is 11.8 Å². The van der Waals surface area contributed by atoms with Crippen molar-refractivity contribution >= 4 is 17.5 Å². The van der Waals surface area contributed by atoms with Crippen molar-refractivity contribution < 1.29 is 9.53 Å². The van der Waals surface area contributed by atoms with Crippen LogP contribution in [0, 0.1) is 0 Å². The Morgan fingerprint density at radius 2 is 2.28 bits per heavy atom. The van der Waals surface area contributed by atoms with Crippen molar-refractivity contribution in [2.45, 2.75) is 13.0 Å². The molecule has 0 saturated carbocycles. The molecule has 1 saturated heterocycles. The Morgan fingerprint density at radius 1 is 1.50 bits per heavy atom. The molecule has 1 aromatic rings. The molecule has 2 rings (SSSR count). The Kier molecular flexibility index (Phi) is 4.66. The third-order valence-corrected chi connectivity index (χ3v) is 4.17. The second-order valence-corrected chi connectivity index (χ2v) is 5.51. The van der Waals surface area contributed by atoms with Gasteiger partial charge in [-0.15, -0.1) is 0 Å². The summed E-state index contributed by atoms with van der Waals surface area (Å²) >= 11 is 1.85. The summed E-state index contributed by atoms with van der Waals surface area (Å²) in [6, 6.07) is 7.50. The Morgan fingerprint density at radius 3 is 3.00 bits per heavy atom. The number of carbonyl (C=O) groups is 1. The third-order valence-electron chi connectivity index (χ3n) is 3.15. The van der Waals surface area contributed by atoms with Gasteiger partial charge >= 0.3 is 0 Å². The molecule has 1 unspecified atom stereocenters. The number of Topliss-reactive ketones (excluding diaryl/α,β-unsaturated/α-hetero) is 1. The van der Waals surface area contributed by atoms with E-state index >= 15 is 0 Å². The van der Waals surface area contributed by atoms with E-state index in [1.54, 1.807) is 0 Å². The van der Waals surface area contributed by atoms with Crippen LogP contribution in [0.25, 0.3) is 0 Å². The maximum absolute atomic E-state index is 12.6. The van der Waals surface area contributed by atoms with E-state index in [1.165, 1.54) is 0 Å². The van der Waals surface area contributed by atoms with Crippen molar-refractivity contribution in [2.24, 2.45) is 0 Å². The number of nitrogens with zero attached hydrogens (tertiary/aromatic N) is 1. The Balaban J connectivity index is 2.22. The number of hydrogen-bond donors (Lipinski definition) is 0. The van der Waals surface area contributed by atoms with Gasteiger partial charge < -0.3 is 4.74 Å².